The van der Waals surface area contributed by atoms with Crippen LogP contribution in [-0.2, 0) is 47.8 Å². The molecule has 3 aliphatic heterocycles. The largest absolute Gasteiger partial charge is 0.441 e. The molecule has 0 aromatic heterocycles. The fraction of sp³-hybridized carbons (Fsp3) is 0.818. The molecule has 0 aromatic carbocycles. The van der Waals surface area contributed by atoms with Gasteiger partial charge < -0.3 is 130 Å². The number of guanidine groups is 1. The Morgan fingerprint density at radius 2 is 0.899 bits per heavy atom. The molecule has 0 aliphatic carbocycles. The number of hydrogen-bond donors (Lipinski definition) is 22. The molecule has 34 heteroatoms. The van der Waals surface area contributed by atoms with Gasteiger partial charge in [0.1, 0.15) is 24.3 Å². The first-order valence-corrected chi connectivity index (χ1v) is 31.2. The normalized spacial score (nSPS) is 23.3. The van der Waals surface area contributed by atoms with Crippen LogP contribution in [0.25, 0.3) is 0 Å². The van der Waals surface area contributed by atoms with Crippen molar-refractivity contribution < 1.29 is 67.9 Å². The molecule has 510 valence electrons. The Bertz CT molecular complexity index is 2230. The summed E-state index contributed by atoms with van der Waals surface area (Å²) >= 11 is 0. The molecule has 0 radical (unpaired) electrons. The number of aliphatic hydroxyl groups excluding tert-OH is 3. The number of β-amino-alcohol motifs (C(OH)–C–C–N with tert-alkyl or cyclic N) is 1. The molecular weight excluding hydrogens is 1160 g/mol. The Kier molecular flexibility index (Phi) is 37.0. The second-order valence-corrected chi connectivity index (χ2v) is 23.5. The van der Waals surface area contributed by atoms with Crippen LogP contribution in [0, 0.1) is 0 Å². The Morgan fingerprint density at radius 1 is 0.539 bits per heavy atom. The van der Waals surface area contributed by atoms with E-state index in [4.69, 9.17) is 61.1 Å². The van der Waals surface area contributed by atoms with Crippen LogP contribution >= 0.6 is 0 Å². The number of aliphatic imine (C=N–C) groups is 1. The Labute approximate surface area is 520 Å². The highest BCUT2D eigenvalue weighted by Crippen LogP contribution is 2.26. The Hall–Kier alpha value is -6.18. The third-order valence-electron chi connectivity index (χ3n) is 15.2. The molecule has 7 unspecified atom stereocenters. The van der Waals surface area contributed by atoms with Crippen molar-refractivity contribution in [2.75, 3.05) is 59.0 Å². The molecule has 3 fully saturated rings. The van der Waals surface area contributed by atoms with Gasteiger partial charge in [-0.2, -0.15) is 0 Å². The monoisotopic (exact) mass is 1270 g/mol. The van der Waals surface area contributed by atoms with Crippen LogP contribution in [0.5, 0.6) is 0 Å². The van der Waals surface area contributed by atoms with E-state index >= 15 is 0 Å². The zero-order chi connectivity index (χ0) is 65.8. The van der Waals surface area contributed by atoms with Crippen molar-refractivity contribution in [3.63, 3.8) is 0 Å². The molecule has 15 atom stereocenters. The molecule has 0 saturated carbocycles. The summed E-state index contributed by atoms with van der Waals surface area (Å²) in [5.74, 6) is -2.47. The van der Waals surface area contributed by atoms with E-state index in [-0.39, 0.29) is 112 Å². The molecule has 3 aliphatic rings. The third-order valence-corrected chi connectivity index (χ3v) is 15.2. The number of aliphatic hydroxyl groups is 3. The predicted octanol–water partition coefficient (Wildman–Crippen LogP) is -8.07. The number of nitrogens with two attached hydrogens (primary N) is 9. The van der Waals surface area contributed by atoms with E-state index in [1.165, 1.54) is 0 Å². The van der Waals surface area contributed by atoms with E-state index in [0.717, 1.165) is 25.9 Å². The Morgan fingerprint density at radius 3 is 1.25 bits per heavy atom. The SMILES string of the molecule is NC(=O)CC(N)CCCNCCCC(N)CC(=O)NCCCC(N)CC(=O)NCCCC(N)CC(=O)NCCCC(N)CC(=O)NCCCC(N)CC(=O)NCCCC(N)CC(=O)N[C@@H]1[C@H](O)[C@@H](OC(N)=O)[C@@H](CO)O[C@H]1/N=C1\N[C@@H]2[C@H](O)CNC(=O)[C@H]2N1. The number of amides is 9. The van der Waals surface area contributed by atoms with E-state index in [1.807, 2.05) is 0 Å². The quantitative estimate of drug-likeness (QED) is 0.0252. The second-order valence-electron chi connectivity index (χ2n) is 23.5. The van der Waals surface area contributed by atoms with E-state index in [0.29, 0.717) is 103 Å². The van der Waals surface area contributed by atoms with E-state index in [2.05, 4.69) is 58.2 Å². The van der Waals surface area contributed by atoms with Gasteiger partial charge >= 0.3 is 6.09 Å². The van der Waals surface area contributed by atoms with Crippen molar-refractivity contribution >= 4 is 59.3 Å². The lowest BCUT2D eigenvalue weighted by atomic mass is 9.95. The number of carbonyl (C=O) groups excluding carboxylic acids is 9. The number of fused-ring (bicyclic) bond motifs is 1. The summed E-state index contributed by atoms with van der Waals surface area (Å²) in [6.07, 6.45) is 0.522. The lowest BCUT2D eigenvalue weighted by Crippen LogP contribution is -2.65. The van der Waals surface area contributed by atoms with Crippen molar-refractivity contribution in [1.29, 1.82) is 0 Å². The van der Waals surface area contributed by atoms with Gasteiger partial charge in [-0.05, 0) is 103 Å². The lowest BCUT2D eigenvalue weighted by Gasteiger charge is -2.42. The van der Waals surface area contributed by atoms with Gasteiger partial charge in [0.15, 0.2) is 18.3 Å². The molecule has 31 N–H and O–H groups in total. The summed E-state index contributed by atoms with van der Waals surface area (Å²) in [5.41, 5.74) is 53.2. The van der Waals surface area contributed by atoms with Crippen molar-refractivity contribution in [1.82, 2.24) is 53.2 Å². The van der Waals surface area contributed by atoms with E-state index in [9.17, 15) is 58.5 Å². The molecule has 3 heterocycles. The smallest absolute Gasteiger partial charge is 0.404 e. The van der Waals surface area contributed by atoms with Gasteiger partial charge in [0.2, 0.25) is 47.3 Å². The van der Waals surface area contributed by atoms with Crippen LogP contribution in [0.1, 0.15) is 135 Å². The van der Waals surface area contributed by atoms with Crippen LogP contribution < -0.4 is 105 Å². The molecule has 0 spiro atoms. The van der Waals surface area contributed by atoms with Crippen LogP contribution in [0.15, 0.2) is 4.99 Å². The summed E-state index contributed by atoms with van der Waals surface area (Å²) in [7, 11) is 0. The van der Waals surface area contributed by atoms with Crippen LogP contribution in [0.2, 0.25) is 0 Å². The Balaban J connectivity index is 1.16. The highest BCUT2D eigenvalue weighted by atomic mass is 16.6. The van der Waals surface area contributed by atoms with Gasteiger partial charge in [0.25, 0.3) is 0 Å². The molecule has 0 aromatic rings. The number of piperidine rings is 1. The standard InChI is InChI=1S/C55H106N20O14/c56-31(22-40(63)78)8-1-15-65-16-2-9-32(57)23-41(79)66-17-3-10-33(58)24-42(80)67-18-4-11-34(59)25-43(81)68-19-5-12-35(60)26-44(82)69-20-6-13-36(61)27-45(83)70-21-7-14-37(62)28-46(84)72-49-50(85)51(89-54(64)87)39(30-76)88-53(49)75-55-73-47-38(77)29-71-52(86)48(47)74-55/h31-39,47-51,53,65,76-77,85H,1-30,56-62H2,(H2,63,78)(H2,64,87)(H,66,79)(H,67,80)(H,68,81)(H,69,82)(H,70,83)(H,71,86)(H,72,84)(H2,73,74,75)/t31?,32?,33?,34?,35?,36?,37?,38-,39-,47-,48+,49-,50+,51+,53-/m1/s1. The number of nitrogens with one attached hydrogen (secondary N) is 10. The van der Waals surface area contributed by atoms with Crippen molar-refractivity contribution in [2.45, 2.75) is 226 Å². The van der Waals surface area contributed by atoms with Gasteiger partial charge in [-0.3, -0.25) is 38.4 Å². The van der Waals surface area contributed by atoms with Crippen LogP contribution in [0.4, 0.5) is 4.79 Å². The lowest BCUT2D eigenvalue weighted by molar-refractivity contribution is -0.192. The van der Waals surface area contributed by atoms with Crippen molar-refractivity contribution in [2.24, 2.45) is 56.6 Å². The molecule has 3 saturated heterocycles. The van der Waals surface area contributed by atoms with E-state index < -0.39 is 103 Å². The minimum Gasteiger partial charge on any atom is -0.441 e. The summed E-state index contributed by atoms with van der Waals surface area (Å²) in [4.78, 5) is 115. The fourth-order valence-electron chi connectivity index (χ4n) is 10.4. The average Bonchev–Trinajstić information content (AvgIpc) is 2.60. The van der Waals surface area contributed by atoms with E-state index in [1.54, 1.807) is 0 Å². The zero-order valence-corrected chi connectivity index (χ0v) is 51.3. The van der Waals surface area contributed by atoms with Gasteiger partial charge in [-0.15, -0.1) is 0 Å². The summed E-state index contributed by atoms with van der Waals surface area (Å²) < 4.78 is 10.8. The number of nitrogens with zero attached hydrogens (tertiary/aromatic N) is 1. The van der Waals surface area contributed by atoms with Crippen LogP contribution in [-0.4, -0.2) is 225 Å². The number of hydrogen-bond acceptors (Lipinski definition) is 23. The van der Waals surface area contributed by atoms with Gasteiger partial charge in [0, 0.05) is 127 Å². The van der Waals surface area contributed by atoms with Crippen LogP contribution in [0.3, 0.4) is 0 Å². The van der Waals surface area contributed by atoms with Gasteiger partial charge in [0.05, 0.1) is 18.8 Å². The average molecular weight is 1270 g/mol. The highest BCUT2D eigenvalue weighted by molar-refractivity contribution is 5.94. The highest BCUT2D eigenvalue weighted by Gasteiger charge is 2.49. The zero-order valence-electron chi connectivity index (χ0n) is 51.3. The molecule has 9 amide bonds. The second kappa shape index (κ2) is 42.7. The summed E-state index contributed by atoms with van der Waals surface area (Å²) in [5, 5.41) is 59.9. The molecule has 89 heavy (non-hydrogen) atoms. The van der Waals surface area contributed by atoms with Gasteiger partial charge in [-0.25, -0.2) is 9.79 Å². The fourth-order valence-corrected chi connectivity index (χ4v) is 10.4. The van der Waals surface area contributed by atoms with Gasteiger partial charge in [-0.1, -0.05) is 0 Å². The topological polar surface area (TPSA) is 600 Å². The maximum atomic E-state index is 13.2. The number of rotatable bonds is 46. The van der Waals surface area contributed by atoms with Crippen molar-refractivity contribution in [3.05, 3.63) is 0 Å². The number of ether oxygens (including phenoxy) is 2. The summed E-state index contributed by atoms with van der Waals surface area (Å²) in [6, 6.07) is -5.82. The number of primary amides is 2. The molecule has 34 nitrogen and oxygen atoms in total. The minimum atomic E-state index is -1.67. The first kappa shape index (κ1) is 77.1. The maximum Gasteiger partial charge on any atom is 0.404 e. The molecular formula is C55H106N20O14. The summed E-state index contributed by atoms with van der Waals surface area (Å²) in [6.45, 7) is 2.57. The maximum absolute atomic E-state index is 13.2. The van der Waals surface area contributed by atoms with Crippen molar-refractivity contribution in [3.8, 4) is 0 Å². The predicted molar refractivity (Wildman–Crippen MR) is 328 cm³/mol. The minimum absolute atomic E-state index is 0.00404. The number of carbonyl (C=O) groups is 9. The third kappa shape index (κ3) is 32.9. The molecule has 0 bridgehead atoms. The first-order valence-electron chi connectivity index (χ1n) is 31.2. The molecule has 3 rings (SSSR count). The first-order chi connectivity index (χ1) is 42.3.